The van der Waals surface area contributed by atoms with Crippen molar-refractivity contribution in [1.29, 1.82) is 0 Å². The molecule has 2 aromatic rings. The molecule has 0 spiro atoms. The molecule has 1 fully saturated rings. The van der Waals surface area contributed by atoms with Crippen LogP contribution >= 0.6 is 23.7 Å². The molecule has 2 N–H and O–H groups in total. The largest absolute Gasteiger partial charge is 0.368 e. The second-order valence-electron chi connectivity index (χ2n) is 4.94. The number of amides is 1. The van der Waals surface area contributed by atoms with Crippen molar-refractivity contribution in [2.45, 2.75) is 18.4 Å². The molecule has 0 atom stereocenters. The van der Waals surface area contributed by atoms with Crippen LogP contribution in [0.15, 0.2) is 23.7 Å². The van der Waals surface area contributed by atoms with E-state index in [4.69, 9.17) is 4.74 Å². The molecule has 1 aromatic carbocycles. The Labute approximate surface area is 133 Å². The molecule has 0 radical (unpaired) electrons. The first kappa shape index (κ1) is 16.2. The van der Waals surface area contributed by atoms with E-state index >= 15 is 0 Å². The highest BCUT2D eigenvalue weighted by molar-refractivity contribution is 7.16. The molecule has 1 aliphatic rings. The Bertz CT molecular complexity index is 625. The van der Waals surface area contributed by atoms with Gasteiger partial charge in [0, 0.05) is 12.8 Å². The molecule has 3 rings (SSSR count). The van der Waals surface area contributed by atoms with Crippen LogP contribution in [0.1, 0.15) is 12.8 Å². The first-order valence-electron chi connectivity index (χ1n) is 6.64. The Balaban J connectivity index is 0.00000161. The fourth-order valence-electron chi connectivity index (χ4n) is 2.53. The Morgan fingerprint density at radius 1 is 1.43 bits per heavy atom. The van der Waals surface area contributed by atoms with E-state index in [1.54, 1.807) is 24.0 Å². The van der Waals surface area contributed by atoms with E-state index in [1.165, 1.54) is 0 Å². The van der Waals surface area contributed by atoms with E-state index in [1.807, 2.05) is 18.2 Å². The van der Waals surface area contributed by atoms with Crippen LogP contribution in [0.5, 0.6) is 0 Å². The zero-order valence-corrected chi connectivity index (χ0v) is 13.4. The molecule has 0 saturated carbocycles. The summed E-state index contributed by atoms with van der Waals surface area (Å²) in [4.78, 5) is 16.8. The van der Waals surface area contributed by atoms with E-state index in [9.17, 15) is 4.79 Å². The van der Waals surface area contributed by atoms with Gasteiger partial charge in [-0.15, -0.1) is 23.7 Å². The van der Waals surface area contributed by atoms with Gasteiger partial charge in [0.25, 0.3) is 5.91 Å². The molecule has 1 aliphatic heterocycles. The van der Waals surface area contributed by atoms with E-state index in [0.29, 0.717) is 12.8 Å². The molecule has 5 nitrogen and oxygen atoms in total. The van der Waals surface area contributed by atoms with Gasteiger partial charge in [0.15, 0.2) is 0 Å². The van der Waals surface area contributed by atoms with E-state index in [-0.39, 0.29) is 18.3 Å². The number of carbonyl (C=O) groups is 1. The number of piperidine rings is 1. The normalized spacial score (nSPS) is 17.2. The Kier molecular flexibility index (Phi) is 5.16. The monoisotopic (exact) mass is 327 g/mol. The minimum atomic E-state index is -0.714. The lowest BCUT2D eigenvalue weighted by Gasteiger charge is -2.34. The third-order valence-corrected chi connectivity index (χ3v) is 4.60. The van der Waals surface area contributed by atoms with Crippen molar-refractivity contribution in [2.75, 3.05) is 25.5 Å². The highest BCUT2D eigenvalue weighted by Gasteiger charge is 2.39. The third-order valence-electron chi connectivity index (χ3n) is 3.80. The van der Waals surface area contributed by atoms with Gasteiger partial charge in [-0.3, -0.25) is 4.79 Å². The number of methoxy groups -OCH3 is 1. The number of carbonyl (C=O) groups excluding carboxylic acids is 1. The lowest BCUT2D eigenvalue weighted by molar-refractivity contribution is -0.140. The number of anilines is 1. The SMILES string of the molecule is COC1(C(=O)Nc2ccc3ncsc3c2)CCNCC1.Cl. The van der Waals surface area contributed by atoms with Gasteiger partial charge >= 0.3 is 0 Å². The minimum absolute atomic E-state index is 0. The summed E-state index contributed by atoms with van der Waals surface area (Å²) in [5.74, 6) is -0.0645. The van der Waals surface area contributed by atoms with Gasteiger partial charge in [-0.05, 0) is 44.1 Å². The molecule has 114 valence electrons. The number of hydrogen-bond donors (Lipinski definition) is 2. The molecule has 0 unspecified atom stereocenters. The van der Waals surface area contributed by atoms with Gasteiger partial charge in [-0.1, -0.05) is 0 Å². The lowest BCUT2D eigenvalue weighted by atomic mass is 9.91. The van der Waals surface area contributed by atoms with Crippen LogP contribution < -0.4 is 10.6 Å². The highest BCUT2D eigenvalue weighted by Crippen LogP contribution is 2.26. The maximum Gasteiger partial charge on any atom is 0.256 e. The molecule has 0 bridgehead atoms. The summed E-state index contributed by atoms with van der Waals surface area (Å²) in [5.41, 5.74) is 2.84. The summed E-state index contributed by atoms with van der Waals surface area (Å²) in [6.07, 6.45) is 1.39. The van der Waals surface area contributed by atoms with Crippen LogP contribution in [0.3, 0.4) is 0 Å². The summed E-state index contributed by atoms with van der Waals surface area (Å²) in [5, 5.41) is 6.22. The fraction of sp³-hybridized carbons (Fsp3) is 0.429. The van der Waals surface area contributed by atoms with Crippen molar-refractivity contribution in [3.63, 3.8) is 0 Å². The zero-order chi connectivity index (χ0) is 14.0. The Morgan fingerprint density at radius 3 is 2.90 bits per heavy atom. The average Bonchev–Trinajstić information content (AvgIpc) is 2.95. The molecule has 7 heteroatoms. The summed E-state index contributed by atoms with van der Waals surface area (Å²) < 4.78 is 6.59. The molecule has 2 heterocycles. The number of benzene rings is 1. The Morgan fingerprint density at radius 2 is 2.19 bits per heavy atom. The average molecular weight is 328 g/mol. The second kappa shape index (κ2) is 6.70. The fourth-order valence-corrected chi connectivity index (χ4v) is 3.25. The number of nitrogens with one attached hydrogen (secondary N) is 2. The molecule has 1 saturated heterocycles. The molecule has 1 aromatic heterocycles. The molecular weight excluding hydrogens is 310 g/mol. The van der Waals surface area contributed by atoms with Gasteiger partial charge in [-0.2, -0.15) is 0 Å². The van der Waals surface area contributed by atoms with Crippen LogP contribution in [0.25, 0.3) is 10.2 Å². The summed E-state index contributed by atoms with van der Waals surface area (Å²) >= 11 is 1.57. The predicted molar refractivity (Wildman–Crippen MR) is 87.3 cm³/mol. The van der Waals surface area contributed by atoms with Crippen molar-refractivity contribution in [2.24, 2.45) is 0 Å². The topological polar surface area (TPSA) is 63.2 Å². The van der Waals surface area contributed by atoms with Gasteiger partial charge in [0.05, 0.1) is 15.7 Å². The first-order valence-corrected chi connectivity index (χ1v) is 7.52. The minimum Gasteiger partial charge on any atom is -0.368 e. The van der Waals surface area contributed by atoms with Crippen LogP contribution in [-0.4, -0.2) is 36.7 Å². The van der Waals surface area contributed by atoms with Crippen LogP contribution in [0, 0.1) is 0 Å². The third kappa shape index (κ3) is 3.18. The van der Waals surface area contributed by atoms with Crippen molar-refractivity contribution in [3.8, 4) is 0 Å². The van der Waals surface area contributed by atoms with Crippen molar-refractivity contribution in [1.82, 2.24) is 10.3 Å². The van der Waals surface area contributed by atoms with Gasteiger partial charge < -0.3 is 15.4 Å². The quantitative estimate of drug-likeness (QED) is 0.909. The molecule has 21 heavy (non-hydrogen) atoms. The summed E-state index contributed by atoms with van der Waals surface area (Å²) in [6, 6.07) is 5.75. The van der Waals surface area contributed by atoms with Crippen molar-refractivity contribution in [3.05, 3.63) is 23.7 Å². The predicted octanol–water partition coefficient (Wildman–Crippen LogP) is 2.43. The molecular formula is C14H18ClN3O2S. The van der Waals surface area contributed by atoms with E-state index in [2.05, 4.69) is 15.6 Å². The van der Waals surface area contributed by atoms with E-state index in [0.717, 1.165) is 29.0 Å². The zero-order valence-electron chi connectivity index (χ0n) is 11.7. The molecule has 1 amide bonds. The Hall–Kier alpha value is -1.21. The number of fused-ring (bicyclic) bond motifs is 1. The number of nitrogens with zero attached hydrogens (tertiary/aromatic N) is 1. The van der Waals surface area contributed by atoms with Crippen molar-refractivity contribution < 1.29 is 9.53 Å². The lowest BCUT2D eigenvalue weighted by Crippen LogP contribution is -2.51. The van der Waals surface area contributed by atoms with Gasteiger partial charge in [-0.25, -0.2) is 4.98 Å². The number of ether oxygens (including phenoxy) is 1. The first-order chi connectivity index (χ1) is 9.73. The standard InChI is InChI=1S/C14H17N3O2S.ClH/c1-19-14(4-6-15-7-5-14)13(18)17-10-2-3-11-12(8-10)20-9-16-11;/h2-3,8-9,15H,4-7H2,1H3,(H,17,18);1H. The maximum absolute atomic E-state index is 12.5. The number of halogens is 1. The smallest absolute Gasteiger partial charge is 0.256 e. The van der Waals surface area contributed by atoms with Crippen LogP contribution in [-0.2, 0) is 9.53 Å². The highest BCUT2D eigenvalue weighted by atomic mass is 35.5. The van der Waals surface area contributed by atoms with Crippen LogP contribution in [0.2, 0.25) is 0 Å². The van der Waals surface area contributed by atoms with E-state index < -0.39 is 5.60 Å². The van der Waals surface area contributed by atoms with Crippen molar-refractivity contribution >= 4 is 45.6 Å². The number of hydrogen-bond acceptors (Lipinski definition) is 5. The number of rotatable bonds is 3. The van der Waals surface area contributed by atoms with Gasteiger partial charge in [0.2, 0.25) is 0 Å². The number of aromatic nitrogens is 1. The van der Waals surface area contributed by atoms with Gasteiger partial charge in [0.1, 0.15) is 5.60 Å². The maximum atomic E-state index is 12.5. The van der Waals surface area contributed by atoms with Crippen LogP contribution in [0.4, 0.5) is 5.69 Å². The second-order valence-corrected chi connectivity index (χ2v) is 5.82. The summed E-state index contributed by atoms with van der Waals surface area (Å²) in [6.45, 7) is 1.60. The summed E-state index contributed by atoms with van der Waals surface area (Å²) in [7, 11) is 1.61. The number of thiazole rings is 1. The molecule has 0 aliphatic carbocycles.